The molecule has 304 valence electrons. The molecule has 8 N–H and O–H groups in total. The maximum absolute atomic E-state index is 11.9. The number of aromatic hydroxyl groups is 8. The van der Waals surface area contributed by atoms with Crippen molar-refractivity contribution in [1.29, 1.82) is 0 Å². The molecule has 5 rings (SSSR count). The summed E-state index contributed by atoms with van der Waals surface area (Å²) >= 11 is 0. The average molecular weight is 769 g/mol. The molecule has 0 fully saturated rings. The largest absolute Gasteiger partial charge is 0.507 e. The van der Waals surface area contributed by atoms with Crippen molar-refractivity contribution < 1.29 is 40.9 Å². The molecular weight excluding hydrogens is 705 g/mol. The van der Waals surface area contributed by atoms with Crippen LogP contribution < -0.4 is 0 Å². The zero-order chi connectivity index (χ0) is 41.8. The summed E-state index contributed by atoms with van der Waals surface area (Å²) in [6.07, 6.45) is 1.99. The summed E-state index contributed by atoms with van der Waals surface area (Å²) in [4.78, 5) is 0. The second kappa shape index (κ2) is 16.0. The van der Waals surface area contributed by atoms with Gasteiger partial charge in [0.15, 0.2) is 0 Å². The molecule has 0 aromatic heterocycles. The van der Waals surface area contributed by atoms with Gasteiger partial charge in [0.2, 0.25) is 0 Å². The monoisotopic (exact) mass is 768 g/mol. The number of phenolic OH excluding ortho intramolecular Hbond substituents is 8. The highest BCUT2D eigenvalue weighted by molar-refractivity contribution is 5.67. The van der Waals surface area contributed by atoms with E-state index >= 15 is 0 Å². The third-order valence-electron chi connectivity index (χ3n) is 12.1. The highest BCUT2D eigenvalue weighted by Gasteiger charge is 2.36. The molecule has 0 saturated heterocycles. The van der Waals surface area contributed by atoms with Crippen molar-refractivity contribution in [2.24, 2.45) is 23.7 Å². The number of fused-ring (bicyclic) bond motifs is 8. The molecule has 4 aromatic rings. The van der Waals surface area contributed by atoms with Crippen molar-refractivity contribution in [3.8, 4) is 46.0 Å². The average Bonchev–Trinajstić information content (AvgIpc) is 3.11. The van der Waals surface area contributed by atoms with Crippen LogP contribution in [0.4, 0.5) is 0 Å². The molecule has 0 atom stereocenters. The zero-order valence-electron chi connectivity index (χ0n) is 35.3. The smallest absolute Gasteiger partial charge is 0.126 e. The summed E-state index contributed by atoms with van der Waals surface area (Å²) < 4.78 is 0. The van der Waals surface area contributed by atoms with E-state index in [2.05, 4.69) is 55.4 Å². The minimum absolute atomic E-state index is 0.0908. The Morgan fingerprint density at radius 2 is 0.429 bits per heavy atom. The van der Waals surface area contributed by atoms with Gasteiger partial charge in [0.1, 0.15) is 46.0 Å². The van der Waals surface area contributed by atoms with Crippen LogP contribution in [0.3, 0.4) is 0 Å². The lowest BCUT2D eigenvalue weighted by Crippen LogP contribution is -2.15. The van der Waals surface area contributed by atoms with Gasteiger partial charge in [-0.05, 0) is 101 Å². The second-order valence-corrected chi connectivity index (χ2v) is 18.2. The normalized spacial score (nSPS) is 18.4. The van der Waals surface area contributed by atoms with E-state index < -0.39 is 23.7 Å². The number of rotatable bonds is 8. The van der Waals surface area contributed by atoms with Gasteiger partial charge in [-0.1, -0.05) is 55.4 Å². The molecule has 0 spiro atoms. The van der Waals surface area contributed by atoms with Gasteiger partial charge in [-0.3, -0.25) is 0 Å². The van der Waals surface area contributed by atoms with Crippen LogP contribution in [0.2, 0.25) is 0 Å². The first-order chi connectivity index (χ1) is 26.1. The van der Waals surface area contributed by atoms with E-state index in [1.165, 1.54) is 0 Å². The van der Waals surface area contributed by atoms with E-state index in [1.54, 1.807) is 52.0 Å². The van der Waals surface area contributed by atoms with Crippen molar-refractivity contribution in [1.82, 2.24) is 0 Å². The Morgan fingerprint density at radius 3 is 0.536 bits per heavy atom. The van der Waals surface area contributed by atoms with Gasteiger partial charge in [-0.15, -0.1) is 0 Å². The summed E-state index contributed by atoms with van der Waals surface area (Å²) in [6, 6.07) is 7.19. The van der Waals surface area contributed by atoms with E-state index in [4.69, 9.17) is 0 Å². The van der Waals surface area contributed by atoms with Gasteiger partial charge in [-0.2, -0.15) is 0 Å². The van der Waals surface area contributed by atoms with Gasteiger partial charge in [0.05, 0.1) is 0 Å². The first-order valence-corrected chi connectivity index (χ1v) is 20.3. The topological polar surface area (TPSA) is 162 Å². The van der Waals surface area contributed by atoms with E-state index in [1.807, 2.05) is 0 Å². The maximum atomic E-state index is 11.9. The molecule has 0 amide bonds. The van der Waals surface area contributed by atoms with Crippen LogP contribution in [0, 0.1) is 51.4 Å². The Hall–Kier alpha value is -4.72. The van der Waals surface area contributed by atoms with Crippen LogP contribution >= 0.6 is 0 Å². The third-order valence-corrected chi connectivity index (χ3v) is 12.1. The molecule has 8 heteroatoms. The molecule has 0 radical (unpaired) electrons. The van der Waals surface area contributed by atoms with E-state index in [9.17, 15) is 40.9 Å². The minimum Gasteiger partial charge on any atom is -0.507 e. The van der Waals surface area contributed by atoms with Crippen LogP contribution in [0.25, 0.3) is 0 Å². The van der Waals surface area contributed by atoms with Crippen LogP contribution in [-0.4, -0.2) is 40.9 Å². The summed E-state index contributed by atoms with van der Waals surface area (Å²) in [7, 11) is 0. The van der Waals surface area contributed by atoms with Gasteiger partial charge >= 0.3 is 0 Å². The third kappa shape index (κ3) is 7.56. The lowest BCUT2D eigenvalue weighted by atomic mass is 9.73. The molecule has 0 unspecified atom stereocenters. The van der Waals surface area contributed by atoms with Gasteiger partial charge in [0.25, 0.3) is 0 Å². The Balaban J connectivity index is 2.10. The maximum Gasteiger partial charge on any atom is 0.126 e. The van der Waals surface area contributed by atoms with Crippen LogP contribution in [0.1, 0.15) is 172 Å². The Bertz CT molecular complexity index is 1710. The highest BCUT2D eigenvalue weighted by atomic mass is 16.3. The first kappa shape index (κ1) is 42.4. The Labute approximate surface area is 333 Å². The summed E-state index contributed by atoms with van der Waals surface area (Å²) in [5.41, 5.74) is 5.03. The predicted octanol–water partition coefficient (Wildman–Crippen LogP) is 11.6. The van der Waals surface area contributed by atoms with Gasteiger partial charge in [-0.25, -0.2) is 0 Å². The second-order valence-electron chi connectivity index (χ2n) is 18.2. The molecule has 0 heterocycles. The molecule has 56 heavy (non-hydrogen) atoms. The SMILES string of the molecule is Cc1c(O)c2cc(c1O)C(CC(C)C)c1cc(c(O)c(C)c1O)C(CC(C)C)c1cc(c(O)c(C)c1O)C(CC(C)C)c1cc(c(O)c(C)c1O)C2CC(C)C. The fourth-order valence-electron chi connectivity index (χ4n) is 9.09. The standard InChI is InChI=1S/C48H64O8/c1-21(2)13-29-33-17-35(43(51)25(9)41(33)49)30(14-22(3)4)37-19-39(47(55)27(11)45(37)53)32(16-24(7)8)40-20-38(46(54)28(12)48(40)56)31(15-23(5)6)36-18-34(29)42(50)26(10)44(36)52/h17-24,29-32,49-56H,13-16H2,1-12H3. The summed E-state index contributed by atoms with van der Waals surface area (Å²) in [6.45, 7) is 23.1. The zero-order valence-corrected chi connectivity index (χ0v) is 35.3. The number of hydrogen-bond donors (Lipinski definition) is 8. The van der Waals surface area contributed by atoms with Crippen molar-refractivity contribution in [2.75, 3.05) is 0 Å². The molecule has 4 aromatic carbocycles. The van der Waals surface area contributed by atoms with Crippen LogP contribution in [0.5, 0.6) is 46.0 Å². The number of phenols is 8. The number of benzene rings is 4. The minimum atomic E-state index is -0.592. The van der Waals surface area contributed by atoms with Gasteiger partial charge < -0.3 is 40.9 Å². The van der Waals surface area contributed by atoms with Crippen LogP contribution in [-0.2, 0) is 0 Å². The summed E-state index contributed by atoms with van der Waals surface area (Å²) in [5, 5.41) is 95.5. The van der Waals surface area contributed by atoms with Crippen molar-refractivity contribution in [2.45, 2.75) is 132 Å². The number of hydrogen-bond acceptors (Lipinski definition) is 8. The Kier molecular flexibility index (Phi) is 12.1. The lowest BCUT2D eigenvalue weighted by Gasteiger charge is -2.32. The van der Waals surface area contributed by atoms with Crippen molar-refractivity contribution in [3.63, 3.8) is 0 Å². The lowest BCUT2D eigenvalue weighted by molar-refractivity contribution is 0.405. The quantitative estimate of drug-likeness (QED) is 0.0878. The van der Waals surface area contributed by atoms with E-state index in [0.29, 0.717) is 70.2 Å². The van der Waals surface area contributed by atoms with Crippen molar-refractivity contribution in [3.05, 3.63) is 91.0 Å². The first-order valence-electron chi connectivity index (χ1n) is 20.3. The molecule has 0 aliphatic heterocycles. The molecule has 0 saturated carbocycles. The fourth-order valence-corrected chi connectivity index (χ4v) is 9.09. The van der Waals surface area contributed by atoms with Crippen LogP contribution in [0.15, 0.2) is 24.3 Å². The summed E-state index contributed by atoms with van der Waals surface area (Å²) in [5.74, 6) is -2.84. The van der Waals surface area contributed by atoms with Gasteiger partial charge in [0, 0.05) is 90.4 Å². The predicted molar refractivity (Wildman–Crippen MR) is 223 cm³/mol. The molecule has 8 nitrogen and oxygen atoms in total. The molecule has 8 bridgehead atoms. The molecule has 1 aliphatic carbocycles. The van der Waals surface area contributed by atoms with E-state index in [-0.39, 0.29) is 91.9 Å². The fraction of sp³-hybridized carbons (Fsp3) is 0.500. The Morgan fingerprint density at radius 1 is 0.304 bits per heavy atom. The molecule has 1 aliphatic rings. The highest BCUT2D eigenvalue weighted by Crippen LogP contribution is 2.55. The molecular formula is C48H64O8. The van der Waals surface area contributed by atoms with Crippen molar-refractivity contribution >= 4 is 0 Å². The van der Waals surface area contributed by atoms with E-state index in [0.717, 1.165) is 0 Å².